The number of fused-ring (bicyclic) bond motifs is 1. The number of aryl methyl sites for hydroxylation is 1. The Morgan fingerprint density at radius 1 is 1.03 bits per heavy atom. The van der Waals surface area contributed by atoms with Crippen LogP contribution in [0.25, 0.3) is 11.0 Å². The van der Waals surface area contributed by atoms with Crippen LogP contribution < -0.4 is 5.32 Å². The van der Waals surface area contributed by atoms with Gasteiger partial charge in [0.25, 0.3) is 0 Å². The number of urea groups is 1. The van der Waals surface area contributed by atoms with E-state index in [9.17, 15) is 18.0 Å². The number of carbonyl (C=O) groups is 1. The van der Waals surface area contributed by atoms with Crippen LogP contribution in [0.2, 0.25) is 0 Å². The van der Waals surface area contributed by atoms with Crippen molar-refractivity contribution in [2.24, 2.45) is 5.92 Å². The number of rotatable bonds is 12. The lowest BCUT2D eigenvalue weighted by Crippen LogP contribution is -2.36. The first-order valence-corrected chi connectivity index (χ1v) is 12.5. The molecule has 4 nitrogen and oxygen atoms in total. The van der Waals surface area contributed by atoms with Gasteiger partial charge in [-0.05, 0) is 31.2 Å². The van der Waals surface area contributed by atoms with E-state index in [2.05, 4.69) is 26.1 Å². The van der Waals surface area contributed by atoms with Crippen LogP contribution in [0.15, 0.2) is 40.8 Å². The lowest BCUT2D eigenvalue weighted by molar-refractivity contribution is 0.202. The third-order valence-corrected chi connectivity index (χ3v) is 6.15. The highest BCUT2D eigenvalue weighted by molar-refractivity contribution is 5.90. The zero-order valence-corrected chi connectivity index (χ0v) is 20.8. The quantitative estimate of drug-likeness (QED) is 0.260. The van der Waals surface area contributed by atoms with Gasteiger partial charge in [0.05, 0.1) is 6.54 Å². The molecule has 0 fully saturated rings. The van der Waals surface area contributed by atoms with Gasteiger partial charge in [0.15, 0.2) is 11.6 Å². The molecule has 1 heterocycles. The molecule has 0 atom stereocenters. The number of benzene rings is 2. The van der Waals surface area contributed by atoms with Crippen LogP contribution in [-0.4, -0.2) is 17.5 Å². The largest absolute Gasteiger partial charge is 0.459 e. The van der Waals surface area contributed by atoms with Crippen molar-refractivity contribution in [3.63, 3.8) is 0 Å². The lowest BCUT2D eigenvalue weighted by Gasteiger charge is -2.23. The minimum absolute atomic E-state index is 0.173. The predicted octanol–water partition coefficient (Wildman–Crippen LogP) is 8.44. The number of nitrogens with one attached hydrogen (secondary N) is 1. The second-order valence-corrected chi connectivity index (χ2v) is 9.44. The van der Waals surface area contributed by atoms with Crippen molar-refractivity contribution in [2.45, 2.75) is 72.3 Å². The smallest absolute Gasteiger partial charge is 0.322 e. The molecule has 0 radical (unpaired) electrons. The fraction of sp³-hybridized carbons (Fsp3) is 0.464. The predicted molar refractivity (Wildman–Crippen MR) is 134 cm³/mol. The van der Waals surface area contributed by atoms with Gasteiger partial charge in [-0.2, -0.15) is 0 Å². The summed E-state index contributed by atoms with van der Waals surface area (Å²) in [7, 11) is 0. The molecule has 0 saturated carbocycles. The van der Waals surface area contributed by atoms with Crippen LogP contribution in [0.1, 0.15) is 70.6 Å². The van der Waals surface area contributed by atoms with E-state index >= 15 is 0 Å². The molecule has 0 unspecified atom stereocenters. The Labute approximate surface area is 205 Å². The molecule has 0 bridgehead atoms. The standard InChI is InChI=1S/C28H35F3N2O2/c1-4-5-6-7-10-15-33(28(34)32-27-23(30)16-20(29)17-24(27)31)18-26-22(14-13-19(2)3)21-11-8-9-12-25(21)35-26/h8-9,11-12,16-17,19H,4-7,10,13-15,18H2,1-3H3,(H,32,34). The summed E-state index contributed by atoms with van der Waals surface area (Å²) in [4.78, 5) is 14.7. The Kier molecular flexibility index (Phi) is 9.64. The van der Waals surface area contributed by atoms with Crippen LogP contribution in [0.4, 0.5) is 23.7 Å². The summed E-state index contributed by atoms with van der Waals surface area (Å²) >= 11 is 0. The number of halogens is 3. The Balaban J connectivity index is 1.86. The van der Waals surface area contributed by atoms with Gasteiger partial charge < -0.3 is 14.6 Å². The van der Waals surface area contributed by atoms with Gasteiger partial charge in [-0.3, -0.25) is 0 Å². The monoisotopic (exact) mass is 488 g/mol. The van der Waals surface area contributed by atoms with Gasteiger partial charge in [-0.1, -0.05) is 64.7 Å². The number of para-hydroxylation sites is 1. The first-order chi connectivity index (χ1) is 16.8. The molecule has 190 valence electrons. The SMILES string of the molecule is CCCCCCCN(Cc1oc2ccccc2c1CCC(C)C)C(=O)Nc1c(F)cc(F)cc1F. The Hall–Kier alpha value is -2.96. The zero-order chi connectivity index (χ0) is 25.4. The zero-order valence-electron chi connectivity index (χ0n) is 20.8. The highest BCUT2D eigenvalue weighted by atomic mass is 19.1. The summed E-state index contributed by atoms with van der Waals surface area (Å²) < 4.78 is 47.9. The summed E-state index contributed by atoms with van der Waals surface area (Å²) in [6.07, 6.45) is 6.73. The van der Waals surface area contributed by atoms with Crippen molar-refractivity contribution in [1.82, 2.24) is 4.90 Å². The average Bonchev–Trinajstić information content (AvgIpc) is 3.15. The molecule has 0 spiro atoms. The van der Waals surface area contributed by atoms with Crippen molar-refractivity contribution in [3.05, 3.63) is 65.2 Å². The van der Waals surface area contributed by atoms with E-state index in [1.165, 1.54) is 4.90 Å². The minimum Gasteiger partial charge on any atom is -0.459 e. The van der Waals surface area contributed by atoms with E-state index in [1.807, 2.05) is 24.3 Å². The third kappa shape index (κ3) is 7.26. The topological polar surface area (TPSA) is 45.5 Å². The number of carbonyl (C=O) groups excluding carboxylic acids is 1. The molecule has 3 rings (SSSR count). The van der Waals surface area contributed by atoms with Crippen LogP contribution in [0, 0.1) is 23.4 Å². The van der Waals surface area contributed by atoms with E-state index < -0.39 is 29.2 Å². The van der Waals surface area contributed by atoms with Crippen LogP contribution in [0.3, 0.4) is 0 Å². The number of hydrogen-bond acceptors (Lipinski definition) is 2. The maximum atomic E-state index is 14.2. The van der Waals surface area contributed by atoms with Gasteiger partial charge in [-0.15, -0.1) is 0 Å². The molecule has 2 aromatic carbocycles. The molecule has 0 aliphatic carbocycles. The van der Waals surface area contributed by atoms with Gasteiger partial charge in [0.1, 0.15) is 22.8 Å². The molecule has 0 aliphatic rings. The van der Waals surface area contributed by atoms with Crippen LogP contribution in [-0.2, 0) is 13.0 Å². The third-order valence-electron chi connectivity index (χ3n) is 6.15. The normalized spacial score (nSPS) is 11.4. The van der Waals surface area contributed by atoms with Crippen molar-refractivity contribution < 1.29 is 22.4 Å². The van der Waals surface area contributed by atoms with Crippen LogP contribution in [0.5, 0.6) is 0 Å². The first kappa shape index (κ1) is 26.6. The maximum absolute atomic E-state index is 14.2. The van der Waals surface area contributed by atoms with E-state index in [0.717, 1.165) is 61.5 Å². The second kappa shape index (κ2) is 12.7. The summed E-state index contributed by atoms with van der Waals surface area (Å²) in [5.74, 6) is -2.17. The fourth-order valence-electron chi connectivity index (χ4n) is 4.16. The lowest BCUT2D eigenvalue weighted by atomic mass is 10.00. The number of nitrogens with zero attached hydrogens (tertiary/aromatic N) is 1. The van der Waals surface area contributed by atoms with Crippen molar-refractivity contribution in [3.8, 4) is 0 Å². The highest BCUT2D eigenvalue weighted by Crippen LogP contribution is 2.29. The Morgan fingerprint density at radius 3 is 2.40 bits per heavy atom. The maximum Gasteiger partial charge on any atom is 0.322 e. The summed E-state index contributed by atoms with van der Waals surface area (Å²) in [6.45, 7) is 7.02. The number of anilines is 1. The van der Waals surface area contributed by atoms with Gasteiger partial charge in [0.2, 0.25) is 0 Å². The molecular formula is C28H35F3N2O2. The number of amides is 2. The van der Waals surface area contributed by atoms with E-state index in [0.29, 0.717) is 30.4 Å². The molecule has 1 N–H and O–H groups in total. The Morgan fingerprint density at radius 2 is 1.71 bits per heavy atom. The average molecular weight is 489 g/mol. The summed E-state index contributed by atoms with van der Waals surface area (Å²) in [6, 6.07) is 8.22. The molecule has 3 aromatic rings. The summed E-state index contributed by atoms with van der Waals surface area (Å²) in [5.41, 5.74) is 1.15. The van der Waals surface area contributed by atoms with Crippen molar-refractivity contribution >= 4 is 22.7 Å². The number of furan rings is 1. The molecule has 7 heteroatoms. The van der Waals surface area contributed by atoms with Gasteiger partial charge in [-0.25, -0.2) is 18.0 Å². The van der Waals surface area contributed by atoms with Crippen molar-refractivity contribution in [2.75, 3.05) is 11.9 Å². The first-order valence-electron chi connectivity index (χ1n) is 12.5. The summed E-state index contributed by atoms with van der Waals surface area (Å²) in [5, 5.41) is 3.33. The van der Waals surface area contributed by atoms with Gasteiger partial charge in [0, 0.05) is 29.6 Å². The minimum atomic E-state index is -1.15. The number of hydrogen-bond donors (Lipinski definition) is 1. The van der Waals surface area contributed by atoms with Gasteiger partial charge >= 0.3 is 6.03 Å². The molecule has 35 heavy (non-hydrogen) atoms. The van der Waals surface area contributed by atoms with Crippen molar-refractivity contribution in [1.29, 1.82) is 0 Å². The molecule has 0 aliphatic heterocycles. The highest BCUT2D eigenvalue weighted by Gasteiger charge is 2.23. The van der Waals surface area contributed by atoms with Crippen LogP contribution >= 0.6 is 0 Å². The van der Waals surface area contributed by atoms with E-state index in [-0.39, 0.29) is 6.54 Å². The van der Waals surface area contributed by atoms with E-state index in [1.54, 1.807) is 0 Å². The molecule has 0 saturated heterocycles. The fourth-order valence-corrected chi connectivity index (χ4v) is 4.16. The second-order valence-electron chi connectivity index (χ2n) is 9.44. The molecular weight excluding hydrogens is 453 g/mol. The Bertz CT molecular complexity index is 1100. The molecule has 1 aromatic heterocycles. The molecule has 2 amide bonds. The number of unbranched alkanes of at least 4 members (excludes halogenated alkanes) is 4. The van der Waals surface area contributed by atoms with E-state index in [4.69, 9.17) is 4.42 Å².